The lowest BCUT2D eigenvalue weighted by molar-refractivity contribution is -0.438. The average molecular weight is 943 g/mol. The summed E-state index contributed by atoms with van der Waals surface area (Å²) in [5.74, 6) is 0. The van der Waals surface area contributed by atoms with Crippen molar-refractivity contribution in [1.82, 2.24) is 0 Å². The molecule has 0 amide bonds. The first-order chi connectivity index (χ1) is 33.8. The van der Waals surface area contributed by atoms with Gasteiger partial charge in [-0.05, 0) is 44.4 Å². The number of hydrogen-bond acceptors (Lipinski definition) is 1. The maximum atomic E-state index is 2.63. The second-order valence-corrected chi connectivity index (χ2v) is 22.7. The lowest BCUT2D eigenvalue weighted by Crippen LogP contribution is -2.27. The van der Waals surface area contributed by atoms with Crippen LogP contribution in [0.1, 0.15) is 284 Å². The van der Waals surface area contributed by atoms with Crippen LogP contribution in [0, 0.1) is 0 Å². The van der Waals surface area contributed by atoms with Crippen LogP contribution in [0.25, 0.3) is 0 Å². The maximum absolute atomic E-state index is 2.63. The van der Waals surface area contributed by atoms with Gasteiger partial charge in [-0.15, -0.1) is 0 Å². The van der Waals surface area contributed by atoms with Crippen molar-refractivity contribution in [3.8, 4) is 0 Å². The Morgan fingerprint density at radius 3 is 1.25 bits per heavy atom. The van der Waals surface area contributed by atoms with Gasteiger partial charge < -0.3 is 4.90 Å². The molecule has 2 nitrogen and oxygen atoms in total. The molecule has 0 saturated heterocycles. The van der Waals surface area contributed by atoms with E-state index in [0.717, 1.165) is 13.1 Å². The number of unbranched alkanes of at least 4 members (excludes halogenated alkanes) is 34. The van der Waals surface area contributed by atoms with Crippen molar-refractivity contribution in [3.05, 3.63) is 108 Å². The lowest BCUT2D eigenvalue weighted by Gasteiger charge is -2.27. The van der Waals surface area contributed by atoms with Crippen molar-refractivity contribution in [2.75, 3.05) is 18.0 Å². The van der Waals surface area contributed by atoms with Gasteiger partial charge in [0.15, 0.2) is 5.71 Å². The minimum atomic E-state index is -0.00604. The Hall–Kier alpha value is -3.13. The Labute approximate surface area is 429 Å². The maximum Gasteiger partial charge on any atom is 0.209 e. The van der Waals surface area contributed by atoms with Crippen LogP contribution in [0.4, 0.5) is 11.4 Å². The zero-order chi connectivity index (χ0) is 49.1. The van der Waals surface area contributed by atoms with Crippen LogP contribution >= 0.6 is 0 Å². The minimum absolute atomic E-state index is 0.00604. The average Bonchev–Trinajstić information content (AvgIpc) is 3.70. The third kappa shape index (κ3) is 21.6. The van der Waals surface area contributed by atoms with Crippen LogP contribution in [-0.4, -0.2) is 23.4 Å². The van der Waals surface area contributed by atoms with Crippen molar-refractivity contribution in [2.24, 2.45) is 0 Å². The highest BCUT2D eigenvalue weighted by molar-refractivity contribution is 6.03. The summed E-state index contributed by atoms with van der Waals surface area (Å²) in [6, 6.07) is 18.2. The number of nitrogens with zero attached hydrogens (tertiary/aromatic N) is 2. The highest BCUT2D eigenvalue weighted by Crippen LogP contribution is 2.47. The molecule has 0 aromatic heterocycles. The van der Waals surface area contributed by atoms with Gasteiger partial charge in [-0.25, -0.2) is 0 Å². The first kappa shape index (κ1) is 58.4. The van der Waals surface area contributed by atoms with Crippen LogP contribution in [0.2, 0.25) is 0 Å². The molecule has 0 radical (unpaired) electrons. The summed E-state index contributed by atoms with van der Waals surface area (Å²) in [5.41, 5.74) is 8.55. The number of allylic oxidation sites excluding steroid dienone is 8. The fraction of sp³-hybridized carbons (Fsp3) is 0.687. The molecule has 2 heteroatoms. The molecule has 0 N–H and O–H groups in total. The molecular formula is C67H109N2+. The topological polar surface area (TPSA) is 6.25 Å². The Balaban J connectivity index is 1.15. The van der Waals surface area contributed by atoms with Crippen molar-refractivity contribution in [3.63, 3.8) is 0 Å². The Morgan fingerprint density at radius 2 is 0.768 bits per heavy atom. The van der Waals surface area contributed by atoms with Gasteiger partial charge in [-0.3, -0.25) is 0 Å². The fourth-order valence-corrected chi connectivity index (χ4v) is 11.6. The van der Waals surface area contributed by atoms with Gasteiger partial charge in [-0.2, -0.15) is 4.58 Å². The van der Waals surface area contributed by atoms with E-state index in [4.69, 9.17) is 0 Å². The quantitative estimate of drug-likeness (QED) is 0.0365. The first-order valence-corrected chi connectivity index (χ1v) is 30.2. The predicted octanol–water partition coefficient (Wildman–Crippen LogP) is 21.5. The van der Waals surface area contributed by atoms with Crippen LogP contribution in [0.5, 0.6) is 0 Å². The monoisotopic (exact) mass is 942 g/mol. The Kier molecular flexibility index (Phi) is 30.4. The second-order valence-electron chi connectivity index (χ2n) is 22.7. The zero-order valence-electron chi connectivity index (χ0n) is 46.4. The summed E-state index contributed by atoms with van der Waals surface area (Å²) in [6.07, 6.45) is 67.0. The van der Waals surface area contributed by atoms with Gasteiger partial charge in [0, 0.05) is 47.5 Å². The Bertz CT molecular complexity index is 1780. The molecule has 2 aromatic rings. The minimum Gasteiger partial charge on any atom is -0.344 e. The summed E-state index contributed by atoms with van der Waals surface area (Å²) in [6.45, 7) is 16.5. The standard InChI is InChI=1S/C67H109N2/c1-7-9-11-13-15-17-19-21-23-25-27-29-31-33-35-37-42-50-58-68-62-54-48-46-52-60(62)66(3,4)64(68)56-44-40-39-41-45-57-65-67(5,6)61-53-47-49-55-63(61)69(65)59-51-43-38-36-34-32-30-28-26-24-22-20-18-16-14-12-10-8-2/h39-41,44-49,52-57H,7-38,42-43,50-51,58-59H2,1-6H3/q+1. The van der Waals surface area contributed by atoms with E-state index in [0.29, 0.717) is 0 Å². The summed E-state index contributed by atoms with van der Waals surface area (Å²) < 4.78 is 2.63. The number of anilines is 1. The molecule has 2 heterocycles. The fourth-order valence-electron chi connectivity index (χ4n) is 11.6. The number of para-hydroxylation sites is 2. The van der Waals surface area contributed by atoms with Gasteiger partial charge in [0.1, 0.15) is 6.54 Å². The van der Waals surface area contributed by atoms with E-state index in [1.165, 1.54) is 265 Å². The molecule has 0 aliphatic carbocycles. The third-order valence-electron chi connectivity index (χ3n) is 16.0. The Morgan fingerprint density at radius 1 is 0.391 bits per heavy atom. The number of benzene rings is 2. The van der Waals surface area contributed by atoms with Crippen molar-refractivity contribution >= 4 is 17.1 Å². The van der Waals surface area contributed by atoms with E-state index in [1.54, 1.807) is 0 Å². The van der Waals surface area contributed by atoms with Crippen LogP contribution in [0.3, 0.4) is 0 Å². The third-order valence-corrected chi connectivity index (χ3v) is 16.0. The van der Waals surface area contributed by atoms with E-state index in [9.17, 15) is 0 Å². The normalized spacial score (nSPS) is 15.9. The van der Waals surface area contributed by atoms with E-state index in [-0.39, 0.29) is 10.8 Å². The molecule has 0 saturated carbocycles. The van der Waals surface area contributed by atoms with E-state index in [1.807, 2.05) is 0 Å². The summed E-state index contributed by atoms with van der Waals surface area (Å²) in [5, 5.41) is 0. The molecule has 0 unspecified atom stereocenters. The van der Waals surface area contributed by atoms with Crippen LogP contribution in [0.15, 0.2) is 96.8 Å². The lowest BCUT2D eigenvalue weighted by atomic mass is 9.81. The highest BCUT2D eigenvalue weighted by atomic mass is 15.2. The number of rotatable bonds is 42. The van der Waals surface area contributed by atoms with E-state index in [2.05, 4.69) is 142 Å². The van der Waals surface area contributed by atoms with Crippen molar-refractivity contribution in [1.29, 1.82) is 0 Å². The molecule has 2 aliphatic rings. The zero-order valence-corrected chi connectivity index (χ0v) is 46.4. The number of hydrogen-bond donors (Lipinski definition) is 0. The van der Waals surface area contributed by atoms with Gasteiger partial charge in [-0.1, -0.05) is 306 Å². The molecule has 0 spiro atoms. The molecule has 2 aromatic carbocycles. The number of fused-ring (bicyclic) bond motifs is 2. The van der Waals surface area contributed by atoms with Gasteiger partial charge in [0.2, 0.25) is 5.69 Å². The molecule has 4 rings (SSSR count). The molecule has 0 fully saturated rings. The first-order valence-electron chi connectivity index (χ1n) is 30.2. The van der Waals surface area contributed by atoms with Crippen molar-refractivity contribution in [2.45, 2.75) is 284 Å². The molecule has 0 atom stereocenters. The smallest absolute Gasteiger partial charge is 0.209 e. The van der Waals surface area contributed by atoms with Gasteiger partial charge in [0.05, 0.1) is 5.41 Å². The van der Waals surface area contributed by atoms with Gasteiger partial charge >= 0.3 is 0 Å². The molecule has 2 aliphatic heterocycles. The molecular weight excluding hydrogens is 833 g/mol. The SMILES string of the molecule is CCCCCCCCCCCCCCCCCCCCN1/C(=C/C=C/C=C/C=C/C2=[N+](CCCCCCCCCCCCCCCCCCCC)c3ccccc3C2(C)C)C(C)(C)c2ccccc21. The van der Waals surface area contributed by atoms with Crippen LogP contribution < -0.4 is 4.90 Å². The van der Waals surface area contributed by atoms with E-state index >= 15 is 0 Å². The van der Waals surface area contributed by atoms with Crippen molar-refractivity contribution < 1.29 is 4.58 Å². The predicted molar refractivity (Wildman–Crippen MR) is 309 cm³/mol. The second kappa shape index (κ2) is 35.9. The summed E-state index contributed by atoms with van der Waals surface area (Å²) in [4.78, 5) is 2.63. The molecule has 386 valence electrons. The highest BCUT2D eigenvalue weighted by Gasteiger charge is 2.44. The summed E-state index contributed by atoms with van der Waals surface area (Å²) >= 11 is 0. The molecule has 69 heavy (non-hydrogen) atoms. The van der Waals surface area contributed by atoms with Crippen LogP contribution in [-0.2, 0) is 10.8 Å². The molecule has 0 bridgehead atoms. The van der Waals surface area contributed by atoms with Gasteiger partial charge in [0.25, 0.3) is 0 Å². The summed E-state index contributed by atoms with van der Waals surface area (Å²) in [7, 11) is 0. The van der Waals surface area contributed by atoms with E-state index < -0.39 is 0 Å². The largest absolute Gasteiger partial charge is 0.344 e.